The number of hydrogen-bond donors (Lipinski definition) is 4. The minimum Gasteiger partial charge on any atom is -0.394 e. The lowest BCUT2D eigenvalue weighted by Gasteiger charge is -2.11. The van der Waals surface area contributed by atoms with Gasteiger partial charge in [-0.25, -0.2) is 4.98 Å². The first-order valence-electron chi connectivity index (χ1n) is 9.27. The smallest absolute Gasteiger partial charge is 0.259 e. The van der Waals surface area contributed by atoms with E-state index in [0.717, 1.165) is 23.2 Å². The van der Waals surface area contributed by atoms with Crippen LogP contribution in [0.5, 0.6) is 0 Å². The number of aromatic nitrogens is 1. The molecule has 0 unspecified atom stereocenters. The molecule has 2 heterocycles. The third kappa shape index (κ3) is 3.81. The molecule has 1 aromatic heterocycles. The highest BCUT2D eigenvalue weighted by atomic mass is 16.2. The van der Waals surface area contributed by atoms with E-state index in [4.69, 9.17) is 10.4 Å². The Morgan fingerprint density at radius 3 is 2.79 bits per heavy atom. The van der Waals surface area contributed by atoms with Gasteiger partial charge in [-0.05, 0) is 61.9 Å². The van der Waals surface area contributed by atoms with Crippen molar-refractivity contribution in [3.63, 3.8) is 0 Å². The van der Waals surface area contributed by atoms with Crippen LogP contribution in [-0.4, -0.2) is 23.8 Å². The van der Waals surface area contributed by atoms with E-state index in [-0.39, 0.29) is 11.7 Å². The van der Waals surface area contributed by atoms with Gasteiger partial charge in [-0.3, -0.25) is 10.2 Å². The summed E-state index contributed by atoms with van der Waals surface area (Å²) in [7, 11) is 1.76. The molecule has 0 atom stereocenters. The Kier molecular flexibility index (Phi) is 5.59. The van der Waals surface area contributed by atoms with Crippen molar-refractivity contribution in [2.24, 2.45) is 0 Å². The van der Waals surface area contributed by atoms with Crippen LogP contribution >= 0.6 is 0 Å². The van der Waals surface area contributed by atoms with E-state index >= 15 is 0 Å². The maximum absolute atomic E-state index is 12.5. The molecular formula is C22H25N5O. The molecule has 0 radical (unpaired) electrons. The lowest BCUT2D eigenvalue weighted by molar-refractivity contribution is -0.110. The van der Waals surface area contributed by atoms with E-state index in [1.807, 2.05) is 12.1 Å². The predicted molar refractivity (Wildman–Crippen MR) is 114 cm³/mol. The molecule has 0 saturated heterocycles. The second-order valence-corrected chi connectivity index (χ2v) is 6.71. The van der Waals surface area contributed by atoms with E-state index in [9.17, 15) is 4.79 Å². The van der Waals surface area contributed by atoms with Gasteiger partial charge in [0.2, 0.25) is 0 Å². The quantitative estimate of drug-likeness (QED) is 0.365. The van der Waals surface area contributed by atoms with Crippen LogP contribution in [0, 0.1) is 12.3 Å². The van der Waals surface area contributed by atoms with Crippen LogP contribution in [0.1, 0.15) is 30.7 Å². The molecule has 0 bridgehead atoms. The Morgan fingerprint density at radius 1 is 1.29 bits per heavy atom. The number of allylic oxidation sites excluding steroid dienone is 1. The highest BCUT2D eigenvalue weighted by Gasteiger charge is 2.28. The summed E-state index contributed by atoms with van der Waals surface area (Å²) in [5.41, 5.74) is 6.63. The highest BCUT2D eigenvalue weighted by molar-refractivity contribution is 6.31. The fourth-order valence-corrected chi connectivity index (χ4v) is 3.18. The fraction of sp³-hybridized carbons (Fsp3) is 0.227. The van der Waals surface area contributed by atoms with Gasteiger partial charge in [-0.1, -0.05) is 19.1 Å². The van der Waals surface area contributed by atoms with Crippen molar-refractivity contribution in [2.75, 3.05) is 12.4 Å². The molecule has 1 aliphatic heterocycles. The molecule has 28 heavy (non-hydrogen) atoms. The number of amidine groups is 1. The Labute approximate surface area is 165 Å². The van der Waals surface area contributed by atoms with Crippen LogP contribution in [0.4, 0.5) is 5.69 Å². The fourth-order valence-electron chi connectivity index (χ4n) is 3.18. The van der Waals surface area contributed by atoms with Crippen LogP contribution < -0.4 is 16.0 Å². The Morgan fingerprint density at radius 2 is 2.07 bits per heavy atom. The molecule has 1 amide bonds. The molecule has 4 N–H and O–H groups in total. The molecule has 1 aliphatic rings. The number of amides is 1. The number of carbonyl (C=O) groups excluding carboxylic acids is 1. The molecule has 6 heteroatoms. The summed E-state index contributed by atoms with van der Waals surface area (Å²) in [6.45, 7) is 5.97. The number of aryl methyl sites for hydroxylation is 2. The van der Waals surface area contributed by atoms with E-state index in [0.29, 0.717) is 22.7 Å². The lowest BCUT2D eigenvalue weighted by atomic mass is 10.00. The minimum atomic E-state index is -0.214. The molecule has 2 aromatic rings. The Hall–Kier alpha value is -3.41. The summed E-state index contributed by atoms with van der Waals surface area (Å²) in [6, 6.07) is 10.2. The Bertz CT molecular complexity index is 1000. The van der Waals surface area contributed by atoms with Gasteiger partial charge in [0.1, 0.15) is 11.5 Å². The maximum atomic E-state index is 12.5. The minimum absolute atomic E-state index is 0.184. The van der Waals surface area contributed by atoms with Gasteiger partial charge >= 0.3 is 0 Å². The van der Waals surface area contributed by atoms with Gasteiger partial charge < -0.3 is 16.0 Å². The van der Waals surface area contributed by atoms with E-state index in [1.165, 1.54) is 5.56 Å². The van der Waals surface area contributed by atoms with E-state index < -0.39 is 0 Å². The summed E-state index contributed by atoms with van der Waals surface area (Å²) in [5.74, 6) is -0.0303. The van der Waals surface area contributed by atoms with Crippen molar-refractivity contribution >= 4 is 23.0 Å². The monoisotopic (exact) mass is 375 g/mol. The number of nitrogens with one attached hydrogen (secondary N) is 4. The van der Waals surface area contributed by atoms with Crippen molar-refractivity contribution in [3.05, 3.63) is 65.1 Å². The molecule has 0 fully saturated rings. The molecule has 0 saturated carbocycles. The van der Waals surface area contributed by atoms with Crippen LogP contribution in [-0.2, 0) is 11.2 Å². The number of carbonyl (C=O) groups is 1. The van der Waals surface area contributed by atoms with Gasteiger partial charge in [0.15, 0.2) is 0 Å². The topological polar surface area (TPSA) is 89.9 Å². The normalized spacial score (nSPS) is 14.6. The number of anilines is 1. The van der Waals surface area contributed by atoms with Crippen molar-refractivity contribution in [1.82, 2.24) is 15.6 Å². The zero-order chi connectivity index (χ0) is 20.3. The van der Waals surface area contributed by atoms with E-state index in [1.54, 1.807) is 26.2 Å². The number of rotatable bonds is 5. The zero-order valence-electron chi connectivity index (χ0n) is 16.6. The average molecular weight is 375 g/mol. The van der Waals surface area contributed by atoms with Crippen molar-refractivity contribution in [1.29, 1.82) is 5.41 Å². The van der Waals surface area contributed by atoms with Crippen molar-refractivity contribution in [3.8, 4) is 11.3 Å². The first-order valence-corrected chi connectivity index (χ1v) is 9.27. The Balaban J connectivity index is 2.03. The van der Waals surface area contributed by atoms with Gasteiger partial charge in [0.05, 0.1) is 17.0 Å². The molecule has 0 aliphatic carbocycles. The van der Waals surface area contributed by atoms with Gasteiger partial charge in [0, 0.05) is 18.3 Å². The molecule has 3 rings (SSSR count). The molecule has 144 valence electrons. The second kappa shape index (κ2) is 8.08. The van der Waals surface area contributed by atoms with Crippen LogP contribution in [0.15, 0.2) is 48.3 Å². The number of fused-ring (bicyclic) bond motifs is 1. The first-order chi connectivity index (χ1) is 13.4. The lowest BCUT2D eigenvalue weighted by Crippen LogP contribution is -2.21. The van der Waals surface area contributed by atoms with Crippen LogP contribution in [0.25, 0.3) is 16.8 Å². The third-order valence-electron chi connectivity index (χ3n) is 4.71. The van der Waals surface area contributed by atoms with Gasteiger partial charge in [0.25, 0.3) is 5.91 Å². The maximum Gasteiger partial charge on any atom is 0.259 e. The third-order valence-corrected chi connectivity index (χ3v) is 4.71. The number of pyridine rings is 1. The largest absolute Gasteiger partial charge is 0.394 e. The molecule has 6 nitrogen and oxygen atoms in total. The van der Waals surface area contributed by atoms with Gasteiger partial charge in [-0.2, -0.15) is 0 Å². The first kappa shape index (κ1) is 19.4. The summed E-state index contributed by atoms with van der Waals surface area (Å²) in [6.07, 6.45) is 4.19. The summed E-state index contributed by atoms with van der Waals surface area (Å²) >= 11 is 0. The highest BCUT2D eigenvalue weighted by Crippen LogP contribution is 2.34. The second-order valence-electron chi connectivity index (χ2n) is 6.71. The predicted octanol–water partition coefficient (Wildman–Crippen LogP) is 3.60. The molecule has 1 aromatic carbocycles. The van der Waals surface area contributed by atoms with Crippen LogP contribution in [0.2, 0.25) is 0 Å². The molecular weight excluding hydrogens is 350 g/mol. The van der Waals surface area contributed by atoms with Crippen LogP contribution in [0.3, 0.4) is 0 Å². The summed E-state index contributed by atoms with van der Waals surface area (Å²) < 4.78 is 0. The van der Waals surface area contributed by atoms with Crippen molar-refractivity contribution < 1.29 is 4.79 Å². The standard InChI is InChI=1S/C22H25N5O/c1-5-15-7-6-13(2)16(12-15)17-8-9-18-21(26-17)20(22(28)27-18)14(3)25-19(23)10-11-24-4/h6-12,24H,5H2,1-4H3,(H2,23,25)(H,27,28)/b11-10-,20-14-. The summed E-state index contributed by atoms with van der Waals surface area (Å²) in [5, 5.41) is 16.6. The van der Waals surface area contributed by atoms with Crippen molar-refractivity contribution in [2.45, 2.75) is 27.2 Å². The summed E-state index contributed by atoms with van der Waals surface area (Å²) in [4.78, 5) is 17.3. The number of nitrogens with zero attached hydrogens (tertiary/aromatic N) is 1. The number of benzene rings is 1. The zero-order valence-corrected chi connectivity index (χ0v) is 16.6. The van der Waals surface area contributed by atoms with E-state index in [2.05, 4.69) is 48.0 Å². The van der Waals surface area contributed by atoms with Gasteiger partial charge in [-0.15, -0.1) is 0 Å². The molecule has 0 spiro atoms. The number of hydrogen-bond acceptors (Lipinski definition) is 4. The average Bonchev–Trinajstić information content (AvgIpc) is 3.01. The SMILES string of the molecule is CCc1ccc(C)c(-c2ccc3c(n2)/C(=C(\C)NC(=N)/C=C\NC)C(=O)N3)c1.